The van der Waals surface area contributed by atoms with Gasteiger partial charge in [-0.25, -0.2) is 8.42 Å². The molecule has 0 amide bonds. The van der Waals surface area contributed by atoms with E-state index in [4.69, 9.17) is 4.74 Å². The van der Waals surface area contributed by atoms with Crippen LogP contribution in [0.4, 0.5) is 0 Å². The van der Waals surface area contributed by atoms with E-state index < -0.39 is 10.0 Å². The molecule has 1 aliphatic carbocycles. The van der Waals surface area contributed by atoms with Gasteiger partial charge in [0, 0.05) is 19.8 Å². The molecular weight excluding hydrogens is 250 g/mol. The number of ether oxygens (including phenoxy) is 1. The maximum atomic E-state index is 12.6. The van der Waals surface area contributed by atoms with E-state index in [1.54, 1.807) is 4.31 Å². The number of hydrogen-bond acceptors (Lipinski definition) is 3. The number of rotatable bonds is 2. The summed E-state index contributed by atoms with van der Waals surface area (Å²) in [4.78, 5) is 0. The lowest BCUT2D eigenvalue weighted by Gasteiger charge is -2.29. The van der Waals surface area contributed by atoms with Crippen LogP contribution in [0.15, 0.2) is 23.4 Å². The maximum Gasteiger partial charge on any atom is 0.238 e. The van der Waals surface area contributed by atoms with Gasteiger partial charge in [0.1, 0.15) is 0 Å². The molecular formula is C13H19NO3S. The highest BCUT2D eigenvalue weighted by molar-refractivity contribution is 7.89. The second-order valence-electron chi connectivity index (χ2n) is 5.07. The van der Waals surface area contributed by atoms with E-state index in [1.165, 1.54) is 5.57 Å². The zero-order chi connectivity index (χ0) is 12.6. The molecule has 0 aromatic rings. The lowest BCUT2D eigenvalue weighted by atomic mass is 10.0. The molecule has 2 heterocycles. The van der Waals surface area contributed by atoms with E-state index in [0.717, 1.165) is 25.0 Å². The van der Waals surface area contributed by atoms with Gasteiger partial charge in [-0.15, -0.1) is 0 Å². The first-order valence-corrected chi connectivity index (χ1v) is 8.19. The summed E-state index contributed by atoms with van der Waals surface area (Å²) in [5.41, 5.74) is 2.17. The Balaban J connectivity index is 1.86. The fourth-order valence-electron chi connectivity index (χ4n) is 2.97. The summed E-state index contributed by atoms with van der Waals surface area (Å²) in [6, 6.07) is 0. The predicted molar refractivity (Wildman–Crippen MR) is 69.5 cm³/mol. The second-order valence-corrected chi connectivity index (χ2v) is 7.21. The standard InChI is InChI=1S/C13H19NO3S/c15-18(16,12-6-9-17-10-7-12)14-8-5-11-3-1-2-4-13(11)14/h3-4,12H,1-2,5-10H2. The Morgan fingerprint density at radius 3 is 2.67 bits per heavy atom. The Labute approximate surface area is 108 Å². The Morgan fingerprint density at radius 2 is 1.89 bits per heavy atom. The van der Waals surface area contributed by atoms with Crippen molar-refractivity contribution in [2.45, 2.75) is 37.4 Å². The van der Waals surface area contributed by atoms with Crippen LogP contribution in [0.2, 0.25) is 0 Å². The van der Waals surface area contributed by atoms with Crippen LogP contribution in [0.5, 0.6) is 0 Å². The molecule has 3 rings (SSSR count). The maximum absolute atomic E-state index is 12.6. The van der Waals surface area contributed by atoms with E-state index in [2.05, 4.69) is 12.2 Å². The molecule has 2 fully saturated rings. The average molecular weight is 269 g/mol. The van der Waals surface area contributed by atoms with Gasteiger partial charge in [0.25, 0.3) is 0 Å². The first kappa shape index (κ1) is 12.2. The van der Waals surface area contributed by atoms with Crippen LogP contribution >= 0.6 is 0 Å². The van der Waals surface area contributed by atoms with Crippen molar-refractivity contribution < 1.29 is 13.2 Å². The van der Waals surface area contributed by atoms with Crippen LogP contribution in [0.1, 0.15) is 32.1 Å². The lowest BCUT2D eigenvalue weighted by molar-refractivity contribution is 0.0975. The van der Waals surface area contributed by atoms with E-state index in [9.17, 15) is 8.42 Å². The Kier molecular flexibility index (Phi) is 3.20. The average Bonchev–Trinajstić information content (AvgIpc) is 2.84. The van der Waals surface area contributed by atoms with Crippen molar-refractivity contribution in [1.82, 2.24) is 4.31 Å². The molecule has 18 heavy (non-hydrogen) atoms. The Hall–Kier alpha value is -0.810. The molecule has 3 aliphatic rings. The third-order valence-corrected chi connectivity index (χ3v) is 6.28. The number of allylic oxidation sites excluding steroid dienone is 3. The van der Waals surface area contributed by atoms with Crippen molar-refractivity contribution in [2.24, 2.45) is 0 Å². The van der Waals surface area contributed by atoms with Crippen LogP contribution in [0.3, 0.4) is 0 Å². The van der Waals surface area contributed by atoms with Crippen LogP contribution in [-0.2, 0) is 14.8 Å². The van der Waals surface area contributed by atoms with Gasteiger partial charge in [0.05, 0.1) is 10.9 Å². The van der Waals surface area contributed by atoms with E-state index in [1.807, 2.05) is 0 Å². The Morgan fingerprint density at radius 1 is 1.17 bits per heavy atom. The molecule has 2 aliphatic heterocycles. The summed E-state index contributed by atoms with van der Waals surface area (Å²) < 4.78 is 32.2. The fraction of sp³-hybridized carbons (Fsp3) is 0.692. The molecule has 0 saturated carbocycles. The van der Waals surface area contributed by atoms with Gasteiger partial charge in [0.15, 0.2) is 0 Å². The van der Waals surface area contributed by atoms with Gasteiger partial charge in [-0.1, -0.05) is 12.2 Å². The van der Waals surface area contributed by atoms with Crippen molar-refractivity contribution >= 4 is 10.0 Å². The molecule has 0 aromatic carbocycles. The molecule has 100 valence electrons. The highest BCUT2D eigenvalue weighted by Gasteiger charge is 2.38. The highest BCUT2D eigenvalue weighted by Crippen LogP contribution is 2.36. The van der Waals surface area contributed by atoms with Gasteiger partial charge in [-0.3, -0.25) is 4.31 Å². The van der Waals surface area contributed by atoms with Gasteiger partial charge >= 0.3 is 0 Å². The van der Waals surface area contributed by atoms with E-state index >= 15 is 0 Å². The number of nitrogens with zero attached hydrogens (tertiary/aromatic N) is 1. The minimum absolute atomic E-state index is 0.256. The number of hydrogen-bond donors (Lipinski definition) is 0. The smallest absolute Gasteiger partial charge is 0.238 e. The van der Waals surface area contributed by atoms with Crippen molar-refractivity contribution in [3.05, 3.63) is 23.4 Å². The molecule has 0 N–H and O–H groups in total. The van der Waals surface area contributed by atoms with E-state index in [0.29, 0.717) is 32.6 Å². The zero-order valence-corrected chi connectivity index (χ0v) is 11.3. The normalized spacial score (nSPS) is 25.7. The van der Waals surface area contributed by atoms with Crippen LogP contribution in [0.25, 0.3) is 0 Å². The lowest BCUT2D eigenvalue weighted by Crippen LogP contribution is -2.39. The molecule has 0 aromatic heterocycles. The monoisotopic (exact) mass is 269 g/mol. The molecule has 0 radical (unpaired) electrons. The molecule has 4 nitrogen and oxygen atoms in total. The molecule has 0 atom stereocenters. The summed E-state index contributed by atoms with van der Waals surface area (Å²) in [6.45, 7) is 1.76. The molecule has 0 bridgehead atoms. The minimum Gasteiger partial charge on any atom is -0.381 e. The zero-order valence-electron chi connectivity index (χ0n) is 10.5. The molecule has 5 heteroatoms. The second kappa shape index (κ2) is 4.70. The number of fused-ring (bicyclic) bond motifs is 1. The van der Waals surface area contributed by atoms with Crippen molar-refractivity contribution in [1.29, 1.82) is 0 Å². The third kappa shape index (κ3) is 1.99. The summed E-state index contributed by atoms with van der Waals surface area (Å²) in [6.07, 6.45) is 8.40. The van der Waals surface area contributed by atoms with Crippen molar-refractivity contribution in [3.8, 4) is 0 Å². The summed E-state index contributed by atoms with van der Waals surface area (Å²) in [5.74, 6) is 0. The fourth-order valence-corrected chi connectivity index (χ4v) is 4.93. The van der Waals surface area contributed by atoms with Gasteiger partial charge in [-0.05, 0) is 37.7 Å². The van der Waals surface area contributed by atoms with E-state index in [-0.39, 0.29) is 5.25 Å². The Bertz CT molecular complexity index is 486. The van der Waals surface area contributed by atoms with Crippen LogP contribution in [-0.4, -0.2) is 37.7 Å². The first-order chi connectivity index (χ1) is 8.69. The minimum atomic E-state index is -3.19. The molecule has 2 saturated heterocycles. The first-order valence-electron chi connectivity index (χ1n) is 6.68. The summed E-state index contributed by atoms with van der Waals surface area (Å²) >= 11 is 0. The number of sulfonamides is 1. The SMILES string of the molecule is O=S(=O)(C1CCOCC1)N1CCC2=CCCC=C21. The van der Waals surface area contributed by atoms with Crippen LogP contribution in [0, 0.1) is 0 Å². The topological polar surface area (TPSA) is 46.6 Å². The van der Waals surface area contributed by atoms with Crippen molar-refractivity contribution in [3.63, 3.8) is 0 Å². The molecule has 0 spiro atoms. The van der Waals surface area contributed by atoms with Crippen molar-refractivity contribution in [2.75, 3.05) is 19.8 Å². The quantitative estimate of drug-likeness (QED) is 0.768. The largest absolute Gasteiger partial charge is 0.381 e. The molecule has 0 unspecified atom stereocenters. The van der Waals surface area contributed by atoms with Gasteiger partial charge in [-0.2, -0.15) is 0 Å². The third-order valence-electron chi connectivity index (χ3n) is 3.97. The van der Waals surface area contributed by atoms with Gasteiger partial charge in [0.2, 0.25) is 10.0 Å². The summed E-state index contributed by atoms with van der Waals surface area (Å²) in [5, 5.41) is -0.256. The predicted octanol–water partition coefficient (Wildman–Crippen LogP) is 1.81. The van der Waals surface area contributed by atoms with Gasteiger partial charge < -0.3 is 4.74 Å². The summed E-state index contributed by atoms with van der Waals surface area (Å²) in [7, 11) is -3.19. The highest BCUT2D eigenvalue weighted by atomic mass is 32.2. The van der Waals surface area contributed by atoms with Crippen LogP contribution < -0.4 is 0 Å².